The van der Waals surface area contributed by atoms with Gasteiger partial charge in [0.1, 0.15) is 12.4 Å². The molecule has 2 aliphatic rings. The van der Waals surface area contributed by atoms with Crippen LogP contribution in [0.4, 0.5) is 0 Å². The van der Waals surface area contributed by atoms with Gasteiger partial charge in [-0.05, 0) is 12.1 Å². The van der Waals surface area contributed by atoms with Crippen molar-refractivity contribution >= 4 is 11.8 Å². The van der Waals surface area contributed by atoms with Crippen LogP contribution in [0.5, 0.6) is 17.2 Å². The molecule has 7 nitrogen and oxygen atoms in total. The van der Waals surface area contributed by atoms with Crippen molar-refractivity contribution in [2.45, 2.75) is 6.42 Å². The minimum atomic E-state index is -0.283. The van der Waals surface area contributed by atoms with Crippen molar-refractivity contribution in [1.82, 2.24) is 10.2 Å². The van der Waals surface area contributed by atoms with Crippen LogP contribution in [0.15, 0.2) is 18.2 Å². The van der Waals surface area contributed by atoms with Gasteiger partial charge in [0.25, 0.3) is 0 Å². The monoisotopic (exact) mass is 330 g/mol. The van der Waals surface area contributed by atoms with E-state index in [-0.39, 0.29) is 44.1 Å². The largest absolute Gasteiger partial charge is 0.481 e. The molecule has 24 heavy (non-hydrogen) atoms. The topological polar surface area (TPSA) is 77.1 Å². The lowest BCUT2D eigenvalue weighted by Gasteiger charge is -2.09. The Morgan fingerprint density at radius 2 is 2.21 bits per heavy atom. The summed E-state index contributed by atoms with van der Waals surface area (Å²) in [5, 5.41) is 2.71. The van der Waals surface area contributed by atoms with Gasteiger partial charge in [0.2, 0.25) is 18.6 Å². The van der Waals surface area contributed by atoms with Gasteiger partial charge < -0.3 is 24.4 Å². The van der Waals surface area contributed by atoms with E-state index in [1.807, 2.05) is 0 Å². The van der Waals surface area contributed by atoms with E-state index in [9.17, 15) is 9.59 Å². The van der Waals surface area contributed by atoms with Crippen molar-refractivity contribution < 1.29 is 23.8 Å². The standard InChI is InChI=1S/C17H18N2O5/c1-19-10-12(8-16(19)20)17(21)18-6-2-3-7-22-13-4-5-14-15(9-13)24-11-23-14/h4-5,9,12H,6-8,10-11H2,1H3,(H,18,21)/t12-/m0/s1. The van der Waals surface area contributed by atoms with Gasteiger partial charge in [-0.3, -0.25) is 9.59 Å². The molecule has 0 aliphatic carbocycles. The summed E-state index contributed by atoms with van der Waals surface area (Å²) in [6, 6.07) is 5.31. The fourth-order valence-corrected chi connectivity index (χ4v) is 2.51. The summed E-state index contributed by atoms with van der Waals surface area (Å²) in [7, 11) is 1.70. The van der Waals surface area contributed by atoms with Gasteiger partial charge in [-0.1, -0.05) is 11.8 Å². The van der Waals surface area contributed by atoms with Crippen LogP contribution < -0.4 is 19.5 Å². The molecule has 0 spiro atoms. The van der Waals surface area contributed by atoms with E-state index in [0.717, 1.165) is 0 Å². The molecule has 126 valence electrons. The molecule has 1 aromatic carbocycles. The van der Waals surface area contributed by atoms with Crippen LogP contribution >= 0.6 is 0 Å². The van der Waals surface area contributed by atoms with Gasteiger partial charge in [0.15, 0.2) is 11.5 Å². The Bertz CT molecular complexity index is 707. The molecule has 2 aliphatic heterocycles. The first-order valence-corrected chi connectivity index (χ1v) is 7.63. The number of amides is 2. The molecule has 1 N–H and O–H groups in total. The van der Waals surface area contributed by atoms with Crippen molar-refractivity contribution in [3.8, 4) is 29.1 Å². The van der Waals surface area contributed by atoms with Crippen molar-refractivity contribution in [2.24, 2.45) is 5.92 Å². The number of ether oxygens (including phenoxy) is 3. The van der Waals surface area contributed by atoms with Gasteiger partial charge >= 0.3 is 0 Å². The van der Waals surface area contributed by atoms with Crippen LogP contribution in [-0.4, -0.2) is 50.3 Å². The Kier molecular flexibility index (Phi) is 4.75. The number of benzene rings is 1. The lowest BCUT2D eigenvalue weighted by Crippen LogP contribution is -2.32. The highest BCUT2D eigenvalue weighted by Crippen LogP contribution is 2.34. The first-order chi connectivity index (χ1) is 11.6. The molecule has 0 bridgehead atoms. The average Bonchev–Trinajstić information content (AvgIpc) is 3.17. The minimum Gasteiger partial charge on any atom is -0.481 e. The number of nitrogens with zero attached hydrogens (tertiary/aromatic N) is 1. The summed E-state index contributed by atoms with van der Waals surface area (Å²) in [5.41, 5.74) is 0. The third-order valence-corrected chi connectivity index (χ3v) is 3.84. The summed E-state index contributed by atoms with van der Waals surface area (Å²) >= 11 is 0. The van der Waals surface area contributed by atoms with Crippen LogP contribution in [0, 0.1) is 17.8 Å². The zero-order valence-electron chi connectivity index (χ0n) is 13.3. The number of hydrogen-bond acceptors (Lipinski definition) is 5. The van der Waals surface area contributed by atoms with Gasteiger partial charge in [-0.25, -0.2) is 0 Å². The van der Waals surface area contributed by atoms with Gasteiger partial charge in [-0.15, -0.1) is 0 Å². The molecule has 3 rings (SSSR count). The van der Waals surface area contributed by atoms with Crippen LogP contribution in [0.3, 0.4) is 0 Å². The summed E-state index contributed by atoms with van der Waals surface area (Å²) in [5.74, 6) is 7.23. The maximum absolute atomic E-state index is 11.9. The molecule has 0 radical (unpaired) electrons. The fourth-order valence-electron chi connectivity index (χ4n) is 2.51. The second kappa shape index (κ2) is 7.13. The molecule has 0 unspecified atom stereocenters. The highest BCUT2D eigenvalue weighted by Gasteiger charge is 2.31. The highest BCUT2D eigenvalue weighted by molar-refractivity contribution is 5.89. The van der Waals surface area contributed by atoms with Crippen LogP contribution in [0.25, 0.3) is 0 Å². The van der Waals surface area contributed by atoms with E-state index in [4.69, 9.17) is 14.2 Å². The van der Waals surface area contributed by atoms with E-state index >= 15 is 0 Å². The Morgan fingerprint density at radius 3 is 3.00 bits per heavy atom. The number of carbonyl (C=O) groups is 2. The number of likely N-dealkylation sites (tertiary alicyclic amines) is 1. The Morgan fingerprint density at radius 1 is 1.38 bits per heavy atom. The number of fused-ring (bicyclic) bond motifs is 1. The first kappa shape index (κ1) is 16.0. The normalized spacial score (nSPS) is 18.1. The van der Waals surface area contributed by atoms with Crippen molar-refractivity contribution in [3.05, 3.63) is 18.2 Å². The number of hydrogen-bond donors (Lipinski definition) is 1. The van der Waals surface area contributed by atoms with E-state index in [1.54, 1.807) is 30.1 Å². The van der Waals surface area contributed by atoms with Gasteiger partial charge in [0.05, 0.1) is 12.5 Å². The molecule has 1 fully saturated rings. The van der Waals surface area contributed by atoms with Crippen molar-refractivity contribution in [1.29, 1.82) is 0 Å². The summed E-state index contributed by atoms with van der Waals surface area (Å²) < 4.78 is 16.0. The quantitative estimate of drug-likeness (QED) is 0.808. The highest BCUT2D eigenvalue weighted by atomic mass is 16.7. The molecular weight excluding hydrogens is 312 g/mol. The summed E-state index contributed by atoms with van der Waals surface area (Å²) in [6.07, 6.45) is 0.267. The van der Waals surface area contributed by atoms with E-state index in [0.29, 0.717) is 23.8 Å². The molecule has 2 amide bonds. The van der Waals surface area contributed by atoms with Gasteiger partial charge in [0, 0.05) is 26.1 Å². The van der Waals surface area contributed by atoms with Crippen LogP contribution in [-0.2, 0) is 9.59 Å². The Balaban J connectivity index is 1.37. The number of nitrogens with one attached hydrogen (secondary N) is 1. The predicted molar refractivity (Wildman–Crippen MR) is 84.6 cm³/mol. The third kappa shape index (κ3) is 3.71. The molecule has 2 heterocycles. The molecule has 0 aromatic heterocycles. The number of rotatable bonds is 4. The van der Waals surface area contributed by atoms with E-state index in [2.05, 4.69) is 17.2 Å². The zero-order valence-corrected chi connectivity index (χ0v) is 13.3. The minimum absolute atomic E-state index is 0.00152. The molecule has 1 saturated heterocycles. The van der Waals surface area contributed by atoms with E-state index in [1.165, 1.54) is 0 Å². The Labute approximate surface area is 139 Å². The lowest BCUT2D eigenvalue weighted by molar-refractivity contribution is -0.128. The van der Waals surface area contributed by atoms with Crippen LogP contribution in [0.2, 0.25) is 0 Å². The molecular formula is C17H18N2O5. The van der Waals surface area contributed by atoms with Crippen molar-refractivity contribution in [2.75, 3.05) is 33.5 Å². The van der Waals surface area contributed by atoms with Gasteiger partial charge in [-0.2, -0.15) is 0 Å². The fraction of sp³-hybridized carbons (Fsp3) is 0.412. The molecule has 7 heteroatoms. The molecule has 0 saturated carbocycles. The lowest BCUT2D eigenvalue weighted by atomic mass is 10.1. The smallest absolute Gasteiger partial charge is 0.231 e. The van der Waals surface area contributed by atoms with E-state index < -0.39 is 0 Å². The first-order valence-electron chi connectivity index (χ1n) is 7.63. The summed E-state index contributed by atoms with van der Waals surface area (Å²) in [4.78, 5) is 24.8. The second-order valence-corrected chi connectivity index (χ2v) is 5.55. The van der Waals surface area contributed by atoms with Crippen molar-refractivity contribution in [3.63, 3.8) is 0 Å². The Hall–Kier alpha value is -2.88. The average molecular weight is 330 g/mol. The maximum atomic E-state index is 11.9. The summed E-state index contributed by atoms with van der Waals surface area (Å²) in [6.45, 7) is 1.13. The second-order valence-electron chi connectivity index (χ2n) is 5.55. The molecule has 1 atom stereocenters. The van der Waals surface area contributed by atoms with Crippen LogP contribution in [0.1, 0.15) is 6.42 Å². The third-order valence-electron chi connectivity index (χ3n) is 3.84. The predicted octanol–water partition coefficient (Wildman–Crippen LogP) is 0.392. The molecule has 1 aromatic rings. The number of carbonyl (C=O) groups excluding carboxylic acids is 2. The maximum Gasteiger partial charge on any atom is 0.231 e. The SMILES string of the molecule is CN1C[C@@H](C(=O)NCC#CCOc2ccc3c(c2)OCO3)CC1=O. The zero-order chi connectivity index (χ0) is 16.9.